The maximum Gasteiger partial charge on any atom is 0.224 e. The Morgan fingerprint density at radius 1 is 1.38 bits per heavy atom. The quantitative estimate of drug-likeness (QED) is 0.721. The van der Waals surface area contributed by atoms with Gasteiger partial charge in [0.05, 0.1) is 10.7 Å². The molecule has 0 aliphatic carbocycles. The van der Waals surface area contributed by atoms with Crippen molar-refractivity contribution in [2.75, 3.05) is 31.2 Å². The summed E-state index contributed by atoms with van der Waals surface area (Å²) in [5, 5.41) is 3.29. The molecule has 0 aliphatic rings. The molecule has 0 saturated heterocycles. The largest absolute Gasteiger partial charge is 0.399 e. The number of nitrogens with zero attached hydrogens (tertiary/aromatic N) is 1. The molecule has 0 heterocycles. The fourth-order valence-electron chi connectivity index (χ4n) is 1.95. The Morgan fingerprint density at radius 3 is 2.71 bits per heavy atom. The molecular weight excluding hydrogens is 286 g/mol. The van der Waals surface area contributed by atoms with Crippen molar-refractivity contribution in [1.82, 2.24) is 4.90 Å². The molecule has 0 fully saturated rings. The van der Waals surface area contributed by atoms with Crippen molar-refractivity contribution in [2.24, 2.45) is 5.92 Å². The Kier molecular flexibility index (Phi) is 7.54. The third kappa shape index (κ3) is 7.34. The number of carbonyl (C=O) groups excluding carboxylic acids is 1. The van der Waals surface area contributed by atoms with Crippen molar-refractivity contribution in [3.63, 3.8) is 0 Å². The van der Waals surface area contributed by atoms with Gasteiger partial charge in [0.25, 0.3) is 0 Å². The first kappa shape index (κ1) is 17.8. The van der Waals surface area contributed by atoms with Crippen LogP contribution < -0.4 is 11.1 Å². The van der Waals surface area contributed by atoms with E-state index in [1.165, 1.54) is 6.42 Å². The summed E-state index contributed by atoms with van der Waals surface area (Å²) >= 11 is 6.03. The summed E-state index contributed by atoms with van der Waals surface area (Å²) < 4.78 is 0. The third-order valence-corrected chi connectivity index (χ3v) is 3.61. The first-order valence-electron chi connectivity index (χ1n) is 7.42. The van der Waals surface area contributed by atoms with Crippen LogP contribution in [0.15, 0.2) is 18.2 Å². The standard InChI is InChI=1S/C16H26ClN3O/c1-12(2)8-10-20(3)9-4-5-16(21)19-15-7-6-13(18)11-14(15)17/h6-7,11-12H,4-5,8-10,18H2,1-3H3,(H,19,21). The third-order valence-electron chi connectivity index (χ3n) is 3.30. The molecule has 1 amide bonds. The normalized spacial score (nSPS) is 11.1. The summed E-state index contributed by atoms with van der Waals surface area (Å²) in [4.78, 5) is 14.1. The van der Waals surface area contributed by atoms with E-state index < -0.39 is 0 Å². The molecule has 118 valence electrons. The molecule has 0 spiro atoms. The number of carbonyl (C=O) groups is 1. The number of hydrogen-bond donors (Lipinski definition) is 2. The molecule has 0 unspecified atom stereocenters. The van der Waals surface area contributed by atoms with Crippen LogP contribution in [0.1, 0.15) is 33.1 Å². The highest BCUT2D eigenvalue weighted by atomic mass is 35.5. The summed E-state index contributed by atoms with van der Waals surface area (Å²) in [5.41, 5.74) is 6.82. The number of anilines is 2. The lowest BCUT2D eigenvalue weighted by Crippen LogP contribution is -2.23. The van der Waals surface area contributed by atoms with Crippen LogP contribution in [0.5, 0.6) is 0 Å². The van der Waals surface area contributed by atoms with Crippen LogP contribution in [-0.2, 0) is 4.79 Å². The number of nitrogens with two attached hydrogens (primary N) is 1. The maximum absolute atomic E-state index is 11.9. The highest BCUT2D eigenvalue weighted by Gasteiger charge is 2.07. The van der Waals surface area contributed by atoms with Gasteiger partial charge in [-0.1, -0.05) is 25.4 Å². The molecule has 21 heavy (non-hydrogen) atoms. The van der Waals surface area contributed by atoms with Gasteiger partial charge in [-0.2, -0.15) is 0 Å². The summed E-state index contributed by atoms with van der Waals surface area (Å²) in [6.45, 7) is 6.44. The minimum atomic E-state index is -0.0149. The smallest absolute Gasteiger partial charge is 0.224 e. The lowest BCUT2D eigenvalue weighted by molar-refractivity contribution is -0.116. The van der Waals surface area contributed by atoms with Gasteiger partial charge in [0, 0.05) is 12.1 Å². The molecule has 0 saturated carbocycles. The maximum atomic E-state index is 11.9. The van der Waals surface area contributed by atoms with Crippen LogP contribution in [0.2, 0.25) is 5.02 Å². The Morgan fingerprint density at radius 2 is 2.10 bits per heavy atom. The molecule has 0 radical (unpaired) electrons. The van der Waals surface area contributed by atoms with E-state index in [1.807, 2.05) is 0 Å². The number of rotatable bonds is 8. The number of nitrogen functional groups attached to an aromatic ring is 1. The topological polar surface area (TPSA) is 58.4 Å². The number of halogens is 1. The van der Waals surface area contributed by atoms with Crippen LogP contribution in [-0.4, -0.2) is 30.9 Å². The molecule has 0 atom stereocenters. The summed E-state index contributed by atoms with van der Waals surface area (Å²) in [7, 11) is 2.09. The van der Waals surface area contributed by atoms with E-state index in [1.54, 1.807) is 18.2 Å². The summed E-state index contributed by atoms with van der Waals surface area (Å²) in [6.07, 6.45) is 2.52. The van der Waals surface area contributed by atoms with Gasteiger partial charge in [-0.3, -0.25) is 4.79 Å². The second kappa shape index (κ2) is 8.90. The molecule has 1 aromatic carbocycles. The van der Waals surface area contributed by atoms with Crippen LogP contribution in [0.25, 0.3) is 0 Å². The number of benzene rings is 1. The van der Waals surface area contributed by atoms with Crippen molar-refractivity contribution < 1.29 is 4.79 Å². The van der Waals surface area contributed by atoms with E-state index in [0.29, 0.717) is 28.7 Å². The predicted octanol–water partition coefficient (Wildman–Crippen LogP) is 3.62. The Balaban J connectivity index is 2.28. The van der Waals surface area contributed by atoms with Crippen LogP contribution in [0, 0.1) is 5.92 Å². The first-order chi connectivity index (χ1) is 9.88. The molecule has 4 nitrogen and oxygen atoms in total. The zero-order valence-electron chi connectivity index (χ0n) is 13.2. The SMILES string of the molecule is CC(C)CCN(C)CCCC(=O)Nc1ccc(N)cc1Cl. The fraction of sp³-hybridized carbons (Fsp3) is 0.562. The van der Waals surface area contributed by atoms with Gasteiger partial charge in [-0.15, -0.1) is 0 Å². The second-order valence-electron chi connectivity index (χ2n) is 5.88. The molecule has 1 rings (SSSR count). The minimum absolute atomic E-state index is 0.0149. The lowest BCUT2D eigenvalue weighted by atomic mass is 10.1. The van der Waals surface area contributed by atoms with E-state index in [0.717, 1.165) is 19.5 Å². The van der Waals surface area contributed by atoms with Crippen LogP contribution in [0.3, 0.4) is 0 Å². The van der Waals surface area contributed by atoms with Crippen molar-refractivity contribution in [1.29, 1.82) is 0 Å². The molecular formula is C16H26ClN3O. The van der Waals surface area contributed by atoms with Gasteiger partial charge in [-0.05, 0) is 57.1 Å². The van der Waals surface area contributed by atoms with E-state index >= 15 is 0 Å². The molecule has 1 aromatic rings. The molecule has 0 bridgehead atoms. The van der Waals surface area contributed by atoms with Crippen molar-refractivity contribution in [3.8, 4) is 0 Å². The highest BCUT2D eigenvalue weighted by molar-refractivity contribution is 6.34. The zero-order valence-corrected chi connectivity index (χ0v) is 13.9. The van der Waals surface area contributed by atoms with Gasteiger partial charge in [0.15, 0.2) is 0 Å². The predicted molar refractivity (Wildman–Crippen MR) is 90.7 cm³/mol. The van der Waals surface area contributed by atoms with Gasteiger partial charge in [0.1, 0.15) is 0 Å². The average molecular weight is 312 g/mol. The van der Waals surface area contributed by atoms with E-state index in [9.17, 15) is 4.79 Å². The van der Waals surface area contributed by atoms with E-state index in [4.69, 9.17) is 17.3 Å². The van der Waals surface area contributed by atoms with Crippen LogP contribution in [0.4, 0.5) is 11.4 Å². The fourth-order valence-corrected chi connectivity index (χ4v) is 2.18. The minimum Gasteiger partial charge on any atom is -0.399 e. The lowest BCUT2D eigenvalue weighted by Gasteiger charge is -2.17. The summed E-state index contributed by atoms with van der Waals surface area (Å²) in [6, 6.07) is 5.09. The van der Waals surface area contributed by atoms with Crippen molar-refractivity contribution >= 4 is 28.9 Å². The van der Waals surface area contributed by atoms with E-state index in [2.05, 4.69) is 31.1 Å². The van der Waals surface area contributed by atoms with Gasteiger partial charge < -0.3 is 16.0 Å². The second-order valence-corrected chi connectivity index (χ2v) is 6.28. The van der Waals surface area contributed by atoms with Crippen molar-refractivity contribution in [2.45, 2.75) is 33.1 Å². The average Bonchev–Trinajstić information content (AvgIpc) is 2.39. The monoisotopic (exact) mass is 311 g/mol. The number of nitrogens with one attached hydrogen (secondary N) is 1. The molecule has 5 heteroatoms. The molecule has 0 aromatic heterocycles. The van der Waals surface area contributed by atoms with E-state index in [-0.39, 0.29) is 5.91 Å². The summed E-state index contributed by atoms with van der Waals surface area (Å²) in [5.74, 6) is 0.697. The van der Waals surface area contributed by atoms with Gasteiger partial charge in [0.2, 0.25) is 5.91 Å². The Hall–Kier alpha value is -1.26. The number of amides is 1. The molecule has 3 N–H and O–H groups in total. The molecule has 0 aliphatic heterocycles. The first-order valence-corrected chi connectivity index (χ1v) is 7.79. The highest BCUT2D eigenvalue weighted by Crippen LogP contribution is 2.24. The number of hydrogen-bond acceptors (Lipinski definition) is 3. The van der Waals surface area contributed by atoms with Crippen LogP contribution >= 0.6 is 11.6 Å². The van der Waals surface area contributed by atoms with Gasteiger partial charge in [-0.25, -0.2) is 0 Å². The zero-order chi connectivity index (χ0) is 15.8. The van der Waals surface area contributed by atoms with Crippen molar-refractivity contribution in [3.05, 3.63) is 23.2 Å². The Labute approximate surface area is 132 Å². The van der Waals surface area contributed by atoms with Gasteiger partial charge >= 0.3 is 0 Å². The Bertz CT molecular complexity index is 463.